The number of rotatable bonds is 8. The quantitative estimate of drug-likeness (QED) is 0.553. The van der Waals surface area contributed by atoms with E-state index in [1.165, 1.54) is 17.0 Å². The molecule has 1 aromatic carbocycles. The van der Waals surface area contributed by atoms with E-state index in [0.29, 0.717) is 24.5 Å². The largest absolute Gasteiger partial charge is 0.337 e. The zero-order valence-electron chi connectivity index (χ0n) is 16.2. The summed E-state index contributed by atoms with van der Waals surface area (Å²) in [6, 6.07) is 8.02. The number of carbonyl (C=O) groups excluding carboxylic acids is 1. The highest BCUT2D eigenvalue weighted by molar-refractivity contribution is 7.09. The number of thiophene rings is 1. The SMILES string of the molecule is O=C1NC(=NCCc2cccs2)C(c2ccc(Cl)c(F)c2)N1CCCn1ccnc1. The van der Waals surface area contributed by atoms with Crippen LogP contribution in [0.1, 0.15) is 22.9 Å². The third-order valence-corrected chi connectivity index (χ3v) is 6.16. The predicted molar refractivity (Wildman–Crippen MR) is 117 cm³/mol. The first-order valence-electron chi connectivity index (χ1n) is 9.67. The predicted octanol–water partition coefficient (Wildman–Crippen LogP) is 4.53. The molecule has 30 heavy (non-hydrogen) atoms. The topological polar surface area (TPSA) is 62.5 Å². The van der Waals surface area contributed by atoms with Crippen molar-refractivity contribution in [1.29, 1.82) is 0 Å². The summed E-state index contributed by atoms with van der Waals surface area (Å²) in [5, 5.41) is 4.96. The number of urea groups is 1. The maximum absolute atomic E-state index is 14.2. The van der Waals surface area contributed by atoms with E-state index in [2.05, 4.69) is 21.4 Å². The third-order valence-electron chi connectivity index (χ3n) is 4.92. The van der Waals surface area contributed by atoms with E-state index in [-0.39, 0.29) is 11.1 Å². The van der Waals surface area contributed by atoms with Gasteiger partial charge in [0.25, 0.3) is 0 Å². The van der Waals surface area contributed by atoms with E-state index >= 15 is 0 Å². The minimum Gasteiger partial charge on any atom is -0.337 e. The van der Waals surface area contributed by atoms with Crippen LogP contribution in [0, 0.1) is 5.82 Å². The van der Waals surface area contributed by atoms with Gasteiger partial charge >= 0.3 is 6.03 Å². The van der Waals surface area contributed by atoms with Crippen molar-refractivity contribution < 1.29 is 9.18 Å². The van der Waals surface area contributed by atoms with E-state index in [1.54, 1.807) is 34.8 Å². The number of halogens is 2. The number of hydrogen-bond acceptors (Lipinski definition) is 4. The molecule has 1 aliphatic heterocycles. The van der Waals surface area contributed by atoms with Crippen LogP contribution in [-0.2, 0) is 13.0 Å². The molecule has 0 bridgehead atoms. The van der Waals surface area contributed by atoms with Gasteiger partial charge < -0.3 is 9.47 Å². The van der Waals surface area contributed by atoms with E-state index in [1.807, 2.05) is 22.2 Å². The highest BCUT2D eigenvalue weighted by Gasteiger charge is 2.37. The number of imidazole rings is 1. The molecule has 1 N–H and O–H groups in total. The Bertz CT molecular complexity index is 1020. The first kappa shape index (κ1) is 20.6. The summed E-state index contributed by atoms with van der Waals surface area (Å²) in [5.74, 6) is 0.0331. The molecule has 3 heterocycles. The van der Waals surface area contributed by atoms with Gasteiger partial charge in [-0.3, -0.25) is 10.3 Å². The second kappa shape index (κ2) is 9.40. The molecule has 1 aliphatic rings. The van der Waals surface area contributed by atoms with Crippen LogP contribution in [-0.4, -0.2) is 39.4 Å². The molecule has 3 aromatic rings. The molecule has 0 spiro atoms. The lowest BCUT2D eigenvalue weighted by molar-refractivity contribution is 0.204. The van der Waals surface area contributed by atoms with Crippen LogP contribution in [0.2, 0.25) is 5.02 Å². The minimum absolute atomic E-state index is 0.0545. The van der Waals surface area contributed by atoms with Gasteiger partial charge in [0.05, 0.1) is 11.3 Å². The van der Waals surface area contributed by atoms with Gasteiger partial charge in [-0.1, -0.05) is 23.7 Å². The normalized spacial score (nSPS) is 17.7. The molecule has 156 valence electrons. The first-order valence-corrected chi connectivity index (χ1v) is 10.9. The molecule has 4 rings (SSSR count). The molecule has 2 amide bonds. The second-order valence-electron chi connectivity index (χ2n) is 6.95. The molecule has 9 heteroatoms. The molecular formula is C21H21ClFN5OS. The van der Waals surface area contributed by atoms with Crippen LogP contribution in [0.5, 0.6) is 0 Å². The second-order valence-corrected chi connectivity index (χ2v) is 8.39. The molecule has 1 fully saturated rings. The van der Waals surface area contributed by atoms with Crippen molar-refractivity contribution in [3.8, 4) is 0 Å². The molecule has 0 radical (unpaired) electrons. The van der Waals surface area contributed by atoms with Gasteiger partial charge in [0.2, 0.25) is 0 Å². The average Bonchev–Trinajstić information content (AvgIpc) is 3.48. The summed E-state index contributed by atoms with van der Waals surface area (Å²) in [6.07, 6.45) is 6.87. The van der Waals surface area contributed by atoms with Crippen LogP contribution in [0.4, 0.5) is 9.18 Å². The monoisotopic (exact) mass is 445 g/mol. The number of benzene rings is 1. The lowest BCUT2D eigenvalue weighted by Gasteiger charge is -2.23. The Morgan fingerprint density at radius 2 is 2.20 bits per heavy atom. The lowest BCUT2D eigenvalue weighted by atomic mass is 10.0. The van der Waals surface area contributed by atoms with Gasteiger partial charge in [0, 0.05) is 43.3 Å². The van der Waals surface area contributed by atoms with Gasteiger partial charge in [-0.25, -0.2) is 14.2 Å². The van der Waals surface area contributed by atoms with Crippen molar-refractivity contribution >= 4 is 34.8 Å². The van der Waals surface area contributed by atoms with Crippen LogP contribution >= 0.6 is 22.9 Å². The Morgan fingerprint density at radius 3 is 2.93 bits per heavy atom. The van der Waals surface area contributed by atoms with Crippen LogP contribution < -0.4 is 5.32 Å². The van der Waals surface area contributed by atoms with Crippen LogP contribution in [0.3, 0.4) is 0 Å². The average molecular weight is 446 g/mol. The lowest BCUT2D eigenvalue weighted by Crippen LogP contribution is -2.31. The highest BCUT2D eigenvalue weighted by atomic mass is 35.5. The third kappa shape index (κ3) is 4.71. The summed E-state index contributed by atoms with van der Waals surface area (Å²) in [5.41, 5.74) is 0.646. The van der Waals surface area contributed by atoms with Gasteiger partial charge in [-0.15, -0.1) is 11.3 Å². The van der Waals surface area contributed by atoms with Gasteiger partial charge in [-0.05, 0) is 35.6 Å². The van der Waals surface area contributed by atoms with Gasteiger partial charge in [-0.2, -0.15) is 0 Å². The molecule has 0 saturated carbocycles. The molecule has 0 aliphatic carbocycles. The summed E-state index contributed by atoms with van der Waals surface area (Å²) in [4.78, 5) is 24.3. The summed E-state index contributed by atoms with van der Waals surface area (Å²) in [7, 11) is 0. The Morgan fingerprint density at radius 1 is 1.30 bits per heavy atom. The van der Waals surface area contributed by atoms with Crippen molar-refractivity contribution in [3.05, 3.63) is 75.7 Å². The number of aliphatic imine (C=N–C) groups is 1. The van der Waals surface area contributed by atoms with Crippen molar-refractivity contribution in [1.82, 2.24) is 19.8 Å². The van der Waals surface area contributed by atoms with Crippen molar-refractivity contribution in [2.75, 3.05) is 13.1 Å². The number of aryl methyl sites for hydroxylation is 1. The summed E-state index contributed by atoms with van der Waals surface area (Å²) in [6.45, 7) is 1.78. The number of aromatic nitrogens is 2. The molecule has 1 atom stereocenters. The molecule has 1 unspecified atom stereocenters. The molecule has 6 nitrogen and oxygen atoms in total. The molecule has 2 aromatic heterocycles. The van der Waals surface area contributed by atoms with Crippen molar-refractivity contribution in [2.45, 2.75) is 25.4 Å². The van der Waals surface area contributed by atoms with Crippen LogP contribution in [0.15, 0.2) is 59.4 Å². The molecular weight excluding hydrogens is 425 g/mol. The first-order chi connectivity index (χ1) is 14.6. The molecule has 1 saturated heterocycles. The Kier molecular flexibility index (Phi) is 6.44. The Hall–Kier alpha value is -2.71. The number of carbonyl (C=O) groups is 1. The Labute approximate surface area is 183 Å². The van der Waals surface area contributed by atoms with E-state index < -0.39 is 11.9 Å². The van der Waals surface area contributed by atoms with Crippen LogP contribution in [0.25, 0.3) is 0 Å². The zero-order valence-corrected chi connectivity index (χ0v) is 17.7. The van der Waals surface area contributed by atoms with Gasteiger partial charge in [0.15, 0.2) is 0 Å². The smallest absolute Gasteiger partial charge is 0.323 e. The minimum atomic E-state index is -0.509. The maximum Gasteiger partial charge on any atom is 0.323 e. The highest BCUT2D eigenvalue weighted by Crippen LogP contribution is 2.29. The van der Waals surface area contributed by atoms with Crippen molar-refractivity contribution in [3.63, 3.8) is 0 Å². The van der Waals surface area contributed by atoms with E-state index in [4.69, 9.17) is 11.6 Å². The fourth-order valence-corrected chi connectivity index (χ4v) is 4.29. The number of nitrogens with zero attached hydrogens (tertiary/aromatic N) is 4. The zero-order chi connectivity index (χ0) is 20.9. The number of amides is 2. The van der Waals surface area contributed by atoms with Gasteiger partial charge in [0.1, 0.15) is 17.7 Å². The summed E-state index contributed by atoms with van der Waals surface area (Å²) >= 11 is 7.54. The van der Waals surface area contributed by atoms with E-state index in [9.17, 15) is 9.18 Å². The number of amidine groups is 1. The van der Waals surface area contributed by atoms with E-state index in [0.717, 1.165) is 19.4 Å². The fraction of sp³-hybridized carbons (Fsp3) is 0.286. The summed E-state index contributed by atoms with van der Waals surface area (Å²) < 4.78 is 16.1. The standard InChI is InChI=1S/C21H21ClFN5OS/c22-17-5-4-15(13-18(17)23)19-20(25-7-6-16-3-1-12-30-16)26-21(29)28(19)10-2-9-27-11-8-24-14-27/h1,3-5,8,11-14,19H,2,6-7,9-10H2,(H,25,26,29). The number of nitrogens with one attached hydrogen (secondary N) is 1. The fourth-order valence-electron chi connectivity index (χ4n) is 3.48. The maximum atomic E-state index is 14.2. The number of hydrogen-bond donors (Lipinski definition) is 1. The van der Waals surface area contributed by atoms with Crippen molar-refractivity contribution in [2.24, 2.45) is 4.99 Å². The Balaban J connectivity index is 1.53.